The van der Waals surface area contributed by atoms with Crippen molar-refractivity contribution in [1.29, 1.82) is 0 Å². The van der Waals surface area contributed by atoms with Crippen molar-refractivity contribution in [2.75, 3.05) is 24.5 Å². The SMILES string of the molecule is O=C1N(c2ccc(-c3cn[nH]c3)cc2)CC2(CCNCC2)N1Cc1cccc(F)c1F. The van der Waals surface area contributed by atoms with Crippen LogP contribution in [0.2, 0.25) is 0 Å². The van der Waals surface area contributed by atoms with Crippen LogP contribution in [0.25, 0.3) is 11.1 Å². The van der Waals surface area contributed by atoms with Crippen molar-refractivity contribution in [2.24, 2.45) is 0 Å². The maximum atomic E-state index is 14.4. The number of carbonyl (C=O) groups is 1. The molecule has 6 nitrogen and oxygen atoms in total. The number of aromatic amines is 1. The van der Waals surface area contributed by atoms with E-state index in [1.165, 1.54) is 6.07 Å². The highest BCUT2D eigenvalue weighted by molar-refractivity contribution is 5.95. The van der Waals surface area contributed by atoms with Crippen LogP contribution in [0.5, 0.6) is 0 Å². The molecule has 2 fully saturated rings. The third-order valence-electron chi connectivity index (χ3n) is 6.39. The number of hydrogen-bond donors (Lipinski definition) is 2. The fourth-order valence-corrected chi connectivity index (χ4v) is 4.64. The summed E-state index contributed by atoms with van der Waals surface area (Å²) in [7, 11) is 0. The molecule has 0 aliphatic carbocycles. The predicted molar refractivity (Wildman–Crippen MR) is 114 cm³/mol. The monoisotopic (exact) mass is 423 g/mol. The van der Waals surface area contributed by atoms with Crippen LogP contribution in [-0.2, 0) is 6.54 Å². The quantitative estimate of drug-likeness (QED) is 0.669. The van der Waals surface area contributed by atoms with Crippen LogP contribution in [-0.4, -0.2) is 46.3 Å². The highest BCUT2D eigenvalue weighted by Crippen LogP contribution is 2.38. The minimum absolute atomic E-state index is 0.0476. The van der Waals surface area contributed by atoms with Gasteiger partial charge < -0.3 is 10.2 Å². The number of hydrogen-bond acceptors (Lipinski definition) is 3. The van der Waals surface area contributed by atoms with Crippen LogP contribution in [0.1, 0.15) is 18.4 Å². The maximum Gasteiger partial charge on any atom is 0.325 e. The molecule has 1 spiro atoms. The van der Waals surface area contributed by atoms with E-state index in [9.17, 15) is 13.6 Å². The first-order chi connectivity index (χ1) is 15.1. The fraction of sp³-hybridized carbons (Fsp3) is 0.304. The highest BCUT2D eigenvalue weighted by atomic mass is 19.2. The molecule has 2 aliphatic heterocycles. The Balaban J connectivity index is 1.46. The molecule has 5 rings (SSSR count). The Kier molecular flexibility index (Phi) is 4.94. The van der Waals surface area contributed by atoms with Gasteiger partial charge in [0.2, 0.25) is 0 Å². The van der Waals surface area contributed by atoms with E-state index in [2.05, 4.69) is 15.5 Å². The molecule has 0 bridgehead atoms. The number of nitrogens with one attached hydrogen (secondary N) is 2. The largest absolute Gasteiger partial charge is 0.325 e. The molecule has 0 unspecified atom stereocenters. The molecule has 2 aromatic carbocycles. The number of rotatable bonds is 4. The number of halogens is 2. The third kappa shape index (κ3) is 3.46. The fourth-order valence-electron chi connectivity index (χ4n) is 4.64. The number of H-pyrrole nitrogens is 1. The van der Waals surface area contributed by atoms with Gasteiger partial charge in [-0.25, -0.2) is 13.6 Å². The lowest BCUT2D eigenvalue weighted by Gasteiger charge is -2.40. The van der Waals surface area contributed by atoms with Crippen LogP contribution >= 0.6 is 0 Å². The zero-order valence-electron chi connectivity index (χ0n) is 16.9. The van der Waals surface area contributed by atoms with Gasteiger partial charge in [0.1, 0.15) is 0 Å². The van der Waals surface area contributed by atoms with Crippen LogP contribution in [0.4, 0.5) is 19.3 Å². The van der Waals surface area contributed by atoms with E-state index in [4.69, 9.17) is 0 Å². The summed E-state index contributed by atoms with van der Waals surface area (Å²) < 4.78 is 28.2. The number of piperidine rings is 1. The Hall–Kier alpha value is -3.26. The Morgan fingerprint density at radius 3 is 2.52 bits per heavy atom. The number of nitrogens with zero attached hydrogens (tertiary/aromatic N) is 3. The first kappa shape index (κ1) is 19.7. The van der Waals surface area contributed by atoms with Crippen molar-refractivity contribution in [2.45, 2.75) is 24.9 Å². The van der Waals surface area contributed by atoms with Crippen molar-refractivity contribution in [1.82, 2.24) is 20.4 Å². The summed E-state index contributed by atoms with van der Waals surface area (Å²) in [5, 5.41) is 10.1. The summed E-state index contributed by atoms with van der Waals surface area (Å²) in [6, 6.07) is 11.7. The van der Waals surface area contributed by atoms with E-state index < -0.39 is 17.2 Å². The number of urea groups is 1. The van der Waals surface area contributed by atoms with Gasteiger partial charge in [0, 0.05) is 23.0 Å². The van der Waals surface area contributed by atoms with E-state index in [-0.39, 0.29) is 18.1 Å². The first-order valence-corrected chi connectivity index (χ1v) is 10.4. The molecule has 0 saturated carbocycles. The van der Waals surface area contributed by atoms with E-state index in [0.29, 0.717) is 6.54 Å². The Morgan fingerprint density at radius 1 is 1.03 bits per heavy atom. The highest BCUT2D eigenvalue weighted by Gasteiger charge is 2.50. The van der Waals surface area contributed by atoms with Crippen LogP contribution < -0.4 is 10.2 Å². The van der Waals surface area contributed by atoms with Gasteiger partial charge in [0.15, 0.2) is 11.6 Å². The molecule has 0 radical (unpaired) electrons. The molecule has 2 saturated heterocycles. The van der Waals surface area contributed by atoms with Gasteiger partial charge in [0.05, 0.1) is 24.8 Å². The minimum atomic E-state index is -0.893. The number of aromatic nitrogens is 2. The van der Waals surface area contributed by atoms with Crippen molar-refractivity contribution in [3.63, 3.8) is 0 Å². The van der Waals surface area contributed by atoms with E-state index in [1.807, 2.05) is 30.5 Å². The molecule has 2 N–H and O–H groups in total. The zero-order chi connectivity index (χ0) is 21.4. The molecule has 3 heterocycles. The second kappa shape index (κ2) is 7.77. The maximum absolute atomic E-state index is 14.4. The minimum Gasteiger partial charge on any atom is -0.317 e. The van der Waals surface area contributed by atoms with E-state index in [0.717, 1.165) is 48.8 Å². The standard InChI is InChI=1S/C23H23F2N5O/c24-20-3-1-2-17(21(20)25)14-30-22(31)29(15-23(30)8-10-26-11-9-23)19-6-4-16(5-7-19)18-12-27-28-13-18/h1-7,12-13,26H,8-11,14-15H2,(H,27,28). The topological polar surface area (TPSA) is 64.3 Å². The Morgan fingerprint density at radius 2 is 1.81 bits per heavy atom. The van der Waals surface area contributed by atoms with E-state index >= 15 is 0 Å². The summed E-state index contributed by atoms with van der Waals surface area (Å²) in [5.41, 5.74) is 2.54. The second-order valence-electron chi connectivity index (χ2n) is 8.18. The van der Waals surface area contributed by atoms with Crippen molar-refractivity contribution < 1.29 is 13.6 Å². The second-order valence-corrected chi connectivity index (χ2v) is 8.18. The average Bonchev–Trinajstić information content (AvgIpc) is 3.41. The molecule has 2 amide bonds. The number of amides is 2. The molecule has 1 aromatic heterocycles. The molecule has 31 heavy (non-hydrogen) atoms. The summed E-state index contributed by atoms with van der Waals surface area (Å²) >= 11 is 0. The summed E-state index contributed by atoms with van der Waals surface area (Å²) in [6.07, 6.45) is 5.09. The molecular weight excluding hydrogens is 400 g/mol. The lowest BCUT2D eigenvalue weighted by molar-refractivity contribution is 0.118. The van der Waals surface area contributed by atoms with E-state index in [1.54, 1.807) is 22.1 Å². The number of benzene rings is 2. The van der Waals surface area contributed by atoms with Gasteiger partial charge in [-0.05, 0) is 49.7 Å². The molecular formula is C23H23F2N5O. The van der Waals surface area contributed by atoms with Crippen LogP contribution in [0.15, 0.2) is 54.9 Å². The summed E-state index contributed by atoms with van der Waals surface area (Å²) in [5.74, 6) is -1.78. The van der Waals surface area contributed by atoms with Crippen LogP contribution in [0, 0.1) is 11.6 Å². The first-order valence-electron chi connectivity index (χ1n) is 10.4. The van der Waals surface area contributed by atoms with Gasteiger partial charge in [-0.1, -0.05) is 24.3 Å². The summed E-state index contributed by atoms with van der Waals surface area (Å²) in [4.78, 5) is 17.0. The van der Waals surface area contributed by atoms with Gasteiger partial charge in [-0.2, -0.15) is 5.10 Å². The average molecular weight is 423 g/mol. The van der Waals surface area contributed by atoms with Crippen LogP contribution in [0.3, 0.4) is 0 Å². The van der Waals surface area contributed by atoms with Crippen molar-refractivity contribution >= 4 is 11.7 Å². The summed E-state index contributed by atoms with van der Waals surface area (Å²) in [6.45, 7) is 2.13. The smallest absolute Gasteiger partial charge is 0.317 e. The van der Waals surface area contributed by atoms with Gasteiger partial charge in [-0.15, -0.1) is 0 Å². The molecule has 160 valence electrons. The lowest BCUT2D eigenvalue weighted by Crippen LogP contribution is -2.53. The predicted octanol–water partition coefficient (Wildman–Crippen LogP) is 3.92. The number of anilines is 1. The van der Waals surface area contributed by atoms with Crippen molar-refractivity contribution in [3.8, 4) is 11.1 Å². The Bertz CT molecular complexity index is 1080. The lowest BCUT2D eigenvalue weighted by atomic mass is 9.87. The normalized spacial score (nSPS) is 18.2. The van der Waals surface area contributed by atoms with Crippen molar-refractivity contribution in [3.05, 3.63) is 72.1 Å². The molecule has 0 atom stereocenters. The molecule has 2 aliphatic rings. The van der Waals surface area contributed by atoms with Gasteiger partial charge in [0.25, 0.3) is 0 Å². The Labute approximate surface area is 178 Å². The molecule has 8 heteroatoms. The third-order valence-corrected chi connectivity index (χ3v) is 6.39. The molecule has 3 aromatic rings. The van der Waals surface area contributed by atoms with Gasteiger partial charge in [-0.3, -0.25) is 10.00 Å². The number of carbonyl (C=O) groups excluding carboxylic acids is 1. The van der Waals surface area contributed by atoms with Gasteiger partial charge >= 0.3 is 6.03 Å². The zero-order valence-corrected chi connectivity index (χ0v) is 16.9.